The zero-order valence-electron chi connectivity index (χ0n) is 36.7. The van der Waals surface area contributed by atoms with Gasteiger partial charge in [0, 0.05) is 12.8 Å². The molecule has 0 saturated heterocycles. The summed E-state index contributed by atoms with van der Waals surface area (Å²) < 4.78 is 26.8. The van der Waals surface area contributed by atoms with Gasteiger partial charge in [0.2, 0.25) is 5.91 Å². The molecule has 340 valence electrons. The molecule has 0 aliphatic heterocycles. The lowest BCUT2D eigenvalue weighted by atomic mass is 10.1. The largest absolute Gasteiger partial charge is 0.480 e. The molecule has 0 bridgehead atoms. The molecule has 0 heterocycles. The van der Waals surface area contributed by atoms with E-state index in [4.69, 9.17) is 13.8 Å². The van der Waals surface area contributed by atoms with Gasteiger partial charge in [-0.1, -0.05) is 143 Å². The Bertz CT molecular complexity index is 1380. The highest BCUT2D eigenvalue weighted by atomic mass is 31.2. The van der Waals surface area contributed by atoms with Crippen molar-refractivity contribution in [2.24, 2.45) is 0 Å². The average molecular weight is 860 g/mol. The van der Waals surface area contributed by atoms with Gasteiger partial charge in [-0.05, 0) is 96.3 Å². The van der Waals surface area contributed by atoms with Crippen molar-refractivity contribution >= 4 is 25.7 Å². The Balaban J connectivity index is 4.05. The molecule has 12 heteroatoms. The monoisotopic (exact) mass is 860 g/mol. The van der Waals surface area contributed by atoms with Gasteiger partial charge in [-0.2, -0.15) is 0 Å². The average Bonchev–Trinajstić information content (AvgIpc) is 3.22. The van der Waals surface area contributed by atoms with Crippen molar-refractivity contribution in [1.82, 2.24) is 5.32 Å². The van der Waals surface area contributed by atoms with Crippen LogP contribution in [0.4, 0.5) is 0 Å². The normalized spacial score (nSPS) is 14.6. The molecule has 0 rings (SSSR count). The van der Waals surface area contributed by atoms with Crippen LogP contribution in [-0.2, 0) is 32.7 Å². The van der Waals surface area contributed by atoms with Crippen LogP contribution in [-0.4, -0.2) is 64.9 Å². The van der Waals surface area contributed by atoms with Gasteiger partial charge < -0.3 is 25.2 Å². The first-order valence-electron chi connectivity index (χ1n) is 22.3. The van der Waals surface area contributed by atoms with Gasteiger partial charge in [0.1, 0.15) is 12.7 Å². The first-order valence-corrected chi connectivity index (χ1v) is 23.8. The topological polar surface area (TPSA) is 169 Å². The van der Waals surface area contributed by atoms with E-state index in [0.717, 1.165) is 70.6 Å². The summed E-state index contributed by atoms with van der Waals surface area (Å²) in [6.45, 7) is 2.44. The highest BCUT2D eigenvalue weighted by molar-refractivity contribution is 7.47. The number of esters is 1. The second-order valence-corrected chi connectivity index (χ2v) is 16.0. The highest BCUT2D eigenvalue weighted by Crippen LogP contribution is 2.43. The Labute approximate surface area is 362 Å². The second-order valence-electron chi connectivity index (χ2n) is 14.5. The van der Waals surface area contributed by atoms with Crippen LogP contribution >= 0.6 is 7.82 Å². The van der Waals surface area contributed by atoms with Crippen molar-refractivity contribution in [2.75, 3.05) is 19.8 Å². The lowest BCUT2D eigenvalue weighted by molar-refractivity contribution is -0.147. The molecule has 1 amide bonds. The van der Waals surface area contributed by atoms with Gasteiger partial charge in [0.15, 0.2) is 6.04 Å². The summed E-state index contributed by atoms with van der Waals surface area (Å²) in [5.41, 5.74) is 0. The van der Waals surface area contributed by atoms with E-state index in [1.165, 1.54) is 38.5 Å². The number of ether oxygens (including phenoxy) is 1. The number of carbonyl (C=O) groups is 3. The Kier molecular flexibility index (Phi) is 39.6. The lowest BCUT2D eigenvalue weighted by Crippen LogP contribution is -2.43. The number of carboxylic acids is 1. The first kappa shape index (κ1) is 56.4. The maximum absolute atomic E-state index is 12.3. The molecule has 3 unspecified atom stereocenters. The summed E-state index contributed by atoms with van der Waals surface area (Å²) >= 11 is 0. The molecule has 60 heavy (non-hydrogen) atoms. The number of unbranched alkanes of at least 4 members (excludes halogenated alkanes) is 10. The molecule has 0 aliphatic carbocycles. The van der Waals surface area contributed by atoms with Gasteiger partial charge in [-0.15, -0.1) is 0 Å². The van der Waals surface area contributed by atoms with Gasteiger partial charge in [0.05, 0.1) is 13.2 Å². The maximum Gasteiger partial charge on any atom is 0.472 e. The molecule has 0 aromatic heterocycles. The Morgan fingerprint density at radius 1 is 0.533 bits per heavy atom. The molecule has 0 radical (unpaired) electrons. The Morgan fingerprint density at radius 2 is 0.933 bits per heavy atom. The minimum atomic E-state index is -4.79. The zero-order valence-corrected chi connectivity index (χ0v) is 37.6. The number of allylic oxidation sites excluding steroid dienone is 16. The number of nitrogens with one attached hydrogen (secondary N) is 1. The van der Waals surface area contributed by atoms with E-state index in [9.17, 15) is 34.1 Å². The third kappa shape index (κ3) is 41.1. The van der Waals surface area contributed by atoms with Crippen molar-refractivity contribution in [2.45, 2.75) is 167 Å². The molecule has 0 fully saturated rings. The fourth-order valence-corrected chi connectivity index (χ4v) is 6.12. The SMILES string of the molecule is CCCCC/C=C\C/C=C\C/C=C\C/C=C\CCCCCC(=O)NC(COP(=O)(O)OCC(O)COC(=O)CCC/C=C\C/C=C\C/C=C\C/C=C\CCCCC)C(=O)O. The van der Waals surface area contributed by atoms with Crippen LogP contribution in [0.1, 0.15) is 155 Å². The number of aliphatic hydroxyl groups is 1. The molecule has 0 aliphatic rings. The number of aliphatic carboxylic acids is 1. The fraction of sp³-hybridized carbons (Fsp3) is 0.604. The molecule has 3 atom stereocenters. The quantitative estimate of drug-likeness (QED) is 0.0201. The molecular formula is C48H78NO10P. The number of aliphatic hydroxyl groups excluding tert-OH is 1. The van der Waals surface area contributed by atoms with Crippen LogP contribution in [0.3, 0.4) is 0 Å². The first-order chi connectivity index (χ1) is 29.1. The van der Waals surface area contributed by atoms with Crippen molar-refractivity contribution in [3.63, 3.8) is 0 Å². The second kappa shape index (κ2) is 42.1. The number of rotatable bonds is 40. The predicted molar refractivity (Wildman–Crippen MR) is 244 cm³/mol. The van der Waals surface area contributed by atoms with Gasteiger partial charge in [0.25, 0.3) is 0 Å². The van der Waals surface area contributed by atoms with E-state index in [0.29, 0.717) is 19.3 Å². The van der Waals surface area contributed by atoms with Crippen LogP contribution in [0.25, 0.3) is 0 Å². The molecule has 0 aromatic rings. The molecule has 0 aromatic carbocycles. The minimum absolute atomic E-state index is 0.0984. The number of carboxylic acid groups (broad SMARTS) is 1. The van der Waals surface area contributed by atoms with E-state index < -0.39 is 57.6 Å². The van der Waals surface area contributed by atoms with Crippen LogP contribution < -0.4 is 5.32 Å². The fourth-order valence-electron chi connectivity index (χ4n) is 5.35. The van der Waals surface area contributed by atoms with Crippen molar-refractivity contribution < 1.29 is 47.8 Å². The smallest absolute Gasteiger partial charge is 0.472 e. The predicted octanol–water partition coefficient (Wildman–Crippen LogP) is 11.7. The summed E-state index contributed by atoms with van der Waals surface area (Å²) in [5, 5.41) is 21.8. The Morgan fingerprint density at radius 3 is 1.37 bits per heavy atom. The summed E-state index contributed by atoms with van der Waals surface area (Å²) in [6.07, 6.45) is 52.9. The summed E-state index contributed by atoms with van der Waals surface area (Å²) in [4.78, 5) is 45.9. The zero-order chi connectivity index (χ0) is 44.2. The van der Waals surface area contributed by atoms with Crippen LogP contribution in [0.15, 0.2) is 97.2 Å². The van der Waals surface area contributed by atoms with Gasteiger partial charge in [-0.3, -0.25) is 18.6 Å². The lowest BCUT2D eigenvalue weighted by Gasteiger charge is -2.18. The molecule has 11 nitrogen and oxygen atoms in total. The summed E-state index contributed by atoms with van der Waals surface area (Å²) in [6, 6.07) is -1.58. The minimum Gasteiger partial charge on any atom is -0.480 e. The third-order valence-corrected chi connectivity index (χ3v) is 9.80. The van der Waals surface area contributed by atoms with Crippen LogP contribution in [0.5, 0.6) is 0 Å². The molecular weight excluding hydrogens is 781 g/mol. The number of phosphoric ester groups is 1. The van der Waals surface area contributed by atoms with Crippen LogP contribution in [0, 0.1) is 0 Å². The number of carbonyl (C=O) groups excluding carboxylic acids is 2. The molecule has 0 saturated carbocycles. The van der Waals surface area contributed by atoms with Crippen LogP contribution in [0.2, 0.25) is 0 Å². The van der Waals surface area contributed by atoms with E-state index in [-0.39, 0.29) is 12.8 Å². The standard InChI is InChI=1S/C48H78NO10P/c1-3-5-7-9-11-13-15-17-19-21-22-24-25-27-29-31-33-35-37-39-46(51)49-45(48(53)54)43-59-60(55,56)58-42-44(50)41-57-47(52)40-38-36-34-32-30-28-26-23-20-18-16-14-12-10-8-6-4-2/h11-14,17-20,22,24,26-29,32,34,44-45,50H,3-10,15-16,21,23,25,30-31,33,35-43H2,1-2H3,(H,49,51)(H,53,54)(H,55,56)/b13-11-,14-12-,19-17-,20-18-,24-22-,28-26-,29-27-,34-32-. The molecule has 4 N–H and O–H groups in total. The van der Waals surface area contributed by atoms with Crippen molar-refractivity contribution in [1.29, 1.82) is 0 Å². The van der Waals surface area contributed by atoms with Crippen molar-refractivity contribution in [3.8, 4) is 0 Å². The Hall–Kier alpha value is -3.60. The summed E-state index contributed by atoms with van der Waals surface area (Å²) in [7, 11) is -4.79. The van der Waals surface area contributed by atoms with Gasteiger partial charge in [-0.25, -0.2) is 9.36 Å². The van der Waals surface area contributed by atoms with E-state index in [1.807, 2.05) is 12.2 Å². The highest BCUT2D eigenvalue weighted by Gasteiger charge is 2.28. The third-order valence-electron chi connectivity index (χ3n) is 8.85. The molecule has 0 spiro atoms. The van der Waals surface area contributed by atoms with Gasteiger partial charge >= 0.3 is 19.8 Å². The van der Waals surface area contributed by atoms with E-state index in [1.54, 1.807) is 0 Å². The number of amides is 1. The number of phosphoric acid groups is 1. The van der Waals surface area contributed by atoms with E-state index >= 15 is 0 Å². The van der Waals surface area contributed by atoms with E-state index in [2.05, 4.69) is 104 Å². The maximum atomic E-state index is 12.3. The number of hydrogen-bond donors (Lipinski definition) is 4. The summed E-state index contributed by atoms with van der Waals surface area (Å²) in [5.74, 6) is -2.49. The number of hydrogen-bond acceptors (Lipinski definition) is 8. The van der Waals surface area contributed by atoms with Crippen molar-refractivity contribution in [3.05, 3.63) is 97.2 Å².